The van der Waals surface area contributed by atoms with Crippen molar-refractivity contribution in [3.05, 3.63) is 71.1 Å². The van der Waals surface area contributed by atoms with Gasteiger partial charge in [0.25, 0.3) is 0 Å². The van der Waals surface area contributed by atoms with Gasteiger partial charge in [0.05, 0.1) is 28.0 Å². The maximum Gasteiger partial charge on any atom is 0.122 e. The molecule has 0 aliphatic carbocycles. The van der Waals surface area contributed by atoms with Crippen LogP contribution in [0, 0.1) is 0 Å². The van der Waals surface area contributed by atoms with Crippen LogP contribution < -0.4 is 4.72 Å². The fourth-order valence-corrected chi connectivity index (χ4v) is 3.33. The standard InChI is InChI=1S/C18H22BrNO2S/c1-5-15(13-8-10-14(19)11-9-13)17(16-7-6-12-22-16)20-23(21)18(2,3)4/h5-12,15,17,20H,1H2,2-4H3/t15-,17-,23-/m1/s1. The number of rotatable bonds is 6. The minimum Gasteiger partial charge on any atom is -0.468 e. The molecule has 1 aromatic heterocycles. The zero-order valence-electron chi connectivity index (χ0n) is 13.6. The van der Waals surface area contributed by atoms with Crippen LogP contribution in [0.4, 0.5) is 0 Å². The number of halogens is 1. The SMILES string of the molecule is C=C[C@H](c1ccc(Br)cc1)[C@@H](N[S@](=O)C(C)(C)C)c1ccco1. The molecule has 2 rings (SSSR count). The minimum absolute atomic E-state index is 0.0550. The van der Waals surface area contributed by atoms with Gasteiger partial charge in [-0.3, -0.25) is 0 Å². The largest absolute Gasteiger partial charge is 0.468 e. The van der Waals surface area contributed by atoms with Gasteiger partial charge in [-0.25, -0.2) is 8.93 Å². The van der Waals surface area contributed by atoms with Crippen molar-refractivity contribution in [3.8, 4) is 0 Å². The second-order valence-electron chi connectivity index (χ2n) is 6.31. The van der Waals surface area contributed by atoms with Crippen molar-refractivity contribution in [3.63, 3.8) is 0 Å². The number of benzene rings is 1. The average Bonchev–Trinajstić information content (AvgIpc) is 3.01. The van der Waals surface area contributed by atoms with Gasteiger partial charge in [-0.05, 0) is 50.6 Å². The lowest BCUT2D eigenvalue weighted by molar-refractivity contribution is 0.429. The molecule has 0 radical (unpaired) electrons. The molecule has 0 unspecified atom stereocenters. The molecule has 0 aliphatic heterocycles. The van der Waals surface area contributed by atoms with Crippen LogP contribution in [0.2, 0.25) is 0 Å². The summed E-state index contributed by atoms with van der Waals surface area (Å²) in [5.74, 6) is 0.691. The lowest BCUT2D eigenvalue weighted by Crippen LogP contribution is -2.37. The molecule has 2 aromatic rings. The van der Waals surface area contributed by atoms with E-state index in [1.165, 1.54) is 0 Å². The van der Waals surface area contributed by atoms with Gasteiger partial charge in [0.1, 0.15) is 5.76 Å². The molecule has 5 heteroatoms. The predicted molar refractivity (Wildman–Crippen MR) is 99.6 cm³/mol. The summed E-state index contributed by atoms with van der Waals surface area (Å²) in [7, 11) is -1.22. The number of hydrogen-bond donors (Lipinski definition) is 1. The Bertz CT molecular complexity index is 659. The summed E-state index contributed by atoms with van der Waals surface area (Å²) in [5.41, 5.74) is 1.09. The lowest BCUT2D eigenvalue weighted by atomic mass is 9.91. The van der Waals surface area contributed by atoms with E-state index in [9.17, 15) is 4.21 Å². The van der Waals surface area contributed by atoms with Gasteiger partial charge in [0, 0.05) is 10.4 Å². The Hall–Kier alpha value is -1.17. The van der Waals surface area contributed by atoms with Crippen LogP contribution in [0.3, 0.4) is 0 Å². The van der Waals surface area contributed by atoms with Crippen molar-refractivity contribution in [2.45, 2.75) is 37.5 Å². The van der Waals surface area contributed by atoms with Gasteiger partial charge in [0.2, 0.25) is 0 Å². The Morgan fingerprint density at radius 2 is 1.91 bits per heavy atom. The quantitative estimate of drug-likeness (QED) is 0.690. The number of nitrogens with one attached hydrogen (secondary N) is 1. The molecular formula is C18H22BrNO2S. The smallest absolute Gasteiger partial charge is 0.122 e. The molecule has 0 bridgehead atoms. The van der Waals surface area contributed by atoms with E-state index in [0.717, 1.165) is 15.8 Å². The molecule has 0 spiro atoms. The molecule has 124 valence electrons. The first kappa shape index (κ1) is 18.2. The van der Waals surface area contributed by atoms with E-state index in [-0.39, 0.29) is 16.7 Å². The normalized spacial score (nSPS) is 15.8. The van der Waals surface area contributed by atoms with Gasteiger partial charge in [-0.1, -0.05) is 34.1 Å². The van der Waals surface area contributed by atoms with Crippen LogP contribution >= 0.6 is 15.9 Å². The second-order valence-corrected chi connectivity index (χ2v) is 9.22. The van der Waals surface area contributed by atoms with E-state index < -0.39 is 11.0 Å². The summed E-state index contributed by atoms with van der Waals surface area (Å²) >= 11 is 3.45. The van der Waals surface area contributed by atoms with Crippen molar-refractivity contribution in [1.29, 1.82) is 0 Å². The van der Waals surface area contributed by atoms with Crippen LogP contribution in [0.25, 0.3) is 0 Å². The molecule has 0 saturated heterocycles. The Balaban J connectivity index is 2.37. The fraction of sp³-hybridized carbons (Fsp3) is 0.333. The van der Waals surface area contributed by atoms with Gasteiger partial charge in [-0.2, -0.15) is 0 Å². The molecule has 1 N–H and O–H groups in total. The highest BCUT2D eigenvalue weighted by molar-refractivity contribution is 9.10. The molecule has 0 saturated carbocycles. The zero-order chi connectivity index (χ0) is 17.0. The minimum atomic E-state index is -1.22. The predicted octanol–water partition coefficient (Wildman–Crippen LogP) is 5.10. The molecule has 0 aliphatic rings. The van der Waals surface area contributed by atoms with Crippen molar-refractivity contribution in [2.75, 3.05) is 0 Å². The molecule has 0 amide bonds. The second kappa shape index (κ2) is 7.60. The summed E-state index contributed by atoms with van der Waals surface area (Å²) in [6.07, 6.45) is 3.50. The van der Waals surface area contributed by atoms with E-state index in [2.05, 4.69) is 27.2 Å². The first-order valence-corrected chi connectivity index (χ1v) is 9.36. The molecule has 23 heavy (non-hydrogen) atoms. The highest BCUT2D eigenvalue weighted by Crippen LogP contribution is 2.34. The highest BCUT2D eigenvalue weighted by Gasteiger charge is 2.30. The van der Waals surface area contributed by atoms with Crippen LogP contribution in [-0.4, -0.2) is 8.96 Å². The summed E-state index contributed by atoms with van der Waals surface area (Å²) < 4.78 is 22.0. The topological polar surface area (TPSA) is 42.2 Å². The van der Waals surface area contributed by atoms with E-state index in [1.807, 2.05) is 63.2 Å². The maximum atomic E-state index is 12.6. The van der Waals surface area contributed by atoms with Gasteiger partial charge >= 0.3 is 0 Å². The molecule has 0 fully saturated rings. The first-order chi connectivity index (χ1) is 10.8. The van der Waals surface area contributed by atoms with E-state index in [0.29, 0.717) is 0 Å². The first-order valence-electron chi connectivity index (χ1n) is 7.42. The average molecular weight is 396 g/mol. The summed E-state index contributed by atoms with van der Waals surface area (Å²) in [6.45, 7) is 9.79. The third kappa shape index (κ3) is 4.66. The zero-order valence-corrected chi connectivity index (χ0v) is 16.0. The van der Waals surface area contributed by atoms with Crippen LogP contribution in [0.5, 0.6) is 0 Å². The van der Waals surface area contributed by atoms with Crippen LogP contribution in [0.15, 0.2) is 64.2 Å². The number of furan rings is 1. The van der Waals surface area contributed by atoms with Crippen molar-refractivity contribution >= 4 is 26.9 Å². The van der Waals surface area contributed by atoms with Crippen molar-refractivity contribution < 1.29 is 8.63 Å². The Labute approximate surface area is 148 Å². The Morgan fingerprint density at radius 1 is 1.26 bits per heavy atom. The Kier molecular flexibility index (Phi) is 6.00. The van der Waals surface area contributed by atoms with Crippen molar-refractivity contribution in [1.82, 2.24) is 4.72 Å². The van der Waals surface area contributed by atoms with Gasteiger partial charge in [0.15, 0.2) is 0 Å². The monoisotopic (exact) mass is 395 g/mol. The molecule has 1 heterocycles. The summed E-state index contributed by atoms with van der Waals surface area (Å²) in [4.78, 5) is 0. The Morgan fingerprint density at radius 3 is 2.39 bits per heavy atom. The molecule has 1 aromatic carbocycles. The number of hydrogen-bond acceptors (Lipinski definition) is 2. The maximum absolute atomic E-state index is 12.6. The van der Waals surface area contributed by atoms with E-state index in [4.69, 9.17) is 4.42 Å². The molecular weight excluding hydrogens is 374 g/mol. The third-order valence-corrected chi connectivity index (χ3v) is 5.62. The van der Waals surface area contributed by atoms with E-state index in [1.54, 1.807) is 6.26 Å². The molecule has 3 nitrogen and oxygen atoms in total. The fourth-order valence-electron chi connectivity index (χ4n) is 2.22. The lowest BCUT2D eigenvalue weighted by Gasteiger charge is -2.28. The molecule has 3 atom stereocenters. The summed E-state index contributed by atoms with van der Waals surface area (Å²) in [5, 5.41) is 0. The van der Waals surface area contributed by atoms with Gasteiger partial charge in [-0.15, -0.1) is 6.58 Å². The highest BCUT2D eigenvalue weighted by atomic mass is 79.9. The van der Waals surface area contributed by atoms with E-state index >= 15 is 0 Å². The van der Waals surface area contributed by atoms with Gasteiger partial charge < -0.3 is 4.42 Å². The van der Waals surface area contributed by atoms with Crippen LogP contribution in [0.1, 0.15) is 44.1 Å². The van der Waals surface area contributed by atoms with Crippen LogP contribution in [-0.2, 0) is 11.0 Å². The van der Waals surface area contributed by atoms with Crippen molar-refractivity contribution in [2.24, 2.45) is 0 Å². The summed E-state index contributed by atoms with van der Waals surface area (Å²) in [6, 6.07) is 11.5. The third-order valence-electron chi connectivity index (χ3n) is 3.51.